The quantitative estimate of drug-likeness (QED) is 0.236. The van der Waals surface area contributed by atoms with Crippen molar-refractivity contribution < 1.29 is 21.3 Å². The zero-order chi connectivity index (χ0) is 31.2. The van der Waals surface area contributed by atoms with Gasteiger partial charge in [-0.3, -0.25) is 0 Å². The summed E-state index contributed by atoms with van der Waals surface area (Å²) in [5.74, 6) is 1.86. The van der Waals surface area contributed by atoms with Gasteiger partial charge in [-0.15, -0.1) is 24.8 Å². The Bertz CT molecular complexity index is 1470. The van der Waals surface area contributed by atoms with E-state index in [1.807, 2.05) is 6.55 Å². The summed E-state index contributed by atoms with van der Waals surface area (Å²) in [5, 5.41) is 0. The van der Waals surface area contributed by atoms with Crippen molar-refractivity contribution in [3.05, 3.63) is 73.1 Å². The minimum absolute atomic E-state index is 0. The Kier molecular flexibility index (Phi) is 12.8. The third-order valence-corrected chi connectivity index (χ3v) is 19.8. The summed E-state index contributed by atoms with van der Waals surface area (Å²) in [6.07, 6.45) is 27.4. The van der Waals surface area contributed by atoms with E-state index in [1.54, 1.807) is 33.4 Å². The molecule has 0 nitrogen and oxygen atoms in total. The average Bonchev–Trinajstić information content (AvgIpc) is 3.61. The molecule has 0 aliphatic heterocycles. The second-order valence-electron chi connectivity index (χ2n) is 17.2. The van der Waals surface area contributed by atoms with Crippen LogP contribution in [0.5, 0.6) is 0 Å². The molecule has 0 amide bonds. The van der Waals surface area contributed by atoms with Crippen LogP contribution in [0.25, 0.3) is 11.1 Å². The molecule has 3 heteroatoms. The van der Waals surface area contributed by atoms with Crippen molar-refractivity contribution in [2.75, 3.05) is 0 Å². The molecule has 2 aromatic carbocycles. The Labute approximate surface area is 302 Å². The molecule has 252 valence electrons. The summed E-state index contributed by atoms with van der Waals surface area (Å²) in [7, 11) is 0. The first-order chi connectivity index (χ1) is 20.9. The summed E-state index contributed by atoms with van der Waals surface area (Å²) in [6.45, 7) is 19.5. The average molecular weight is 741 g/mol. The van der Waals surface area contributed by atoms with Crippen LogP contribution in [-0.4, -0.2) is 3.21 Å². The van der Waals surface area contributed by atoms with Crippen LogP contribution in [-0.2, 0) is 38.5 Å². The smallest absolute Gasteiger partial charge is 0.147 e. The van der Waals surface area contributed by atoms with Gasteiger partial charge in [-0.05, 0) is 0 Å². The molecule has 0 aromatic heterocycles. The van der Waals surface area contributed by atoms with Gasteiger partial charge in [-0.25, -0.2) is 0 Å². The van der Waals surface area contributed by atoms with Gasteiger partial charge in [0.1, 0.15) is 0 Å². The molecule has 2 fully saturated rings. The molecular formula is C43H62Cl2Zr. The van der Waals surface area contributed by atoms with Crippen LogP contribution in [0.15, 0.2) is 39.7 Å². The van der Waals surface area contributed by atoms with E-state index in [2.05, 4.69) is 95.0 Å². The zero-order valence-electron chi connectivity index (χ0n) is 30.3. The summed E-state index contributed by atoms with van der Waals surface area (Å²) in [6, 6.07) is 7.84. The molecular weight excluding hydrogens is 679 g/mol. The van der Waals surface area contributed by atoms with Gasteiger partial charge in [0.15, 0.2) is 0 Å². The maximum atomic E-state index is 2.66. The van der Waals surface area contributed by atoms with E-state index in [9.17, 15) is 0 Å². The second kappa shape index (κ2) is 15.4. The van der Waals surface area contributed by atoms with Crippen molar-refractivity contribution in [2.24, 2.45) is 11.8 Å². The number of benzene rings is 2. The van der Waals surface area contributed by atoms with Gasteiger partial charge in [0, 0.05) is 0 Å². The van der Waals surface area contributed by atoms with Crippen LogP contribution in [0, 0.1) is 25.7 Å². The Morgan fingerprint density at radius 2 is 1.26 bits per heavy atom. The maximum absolute atomic E-state index is 2.66. The number of hydrogen-bond acceptors (Lipinski definition) is 0. The number of halogens is 2. The first-order valence-corrected chi connectivity index (χ1v) is 22.0. The fraction of sp³-hybridized carbons (Fsp3) is 0.605. The first-order valence-electron chi connectivity index (χ1n) is 18.3. The molecule has 46 heavy (non-hydrogen) atoms. The first kappa shape index (κ1) is 38.1. The Balaban J connectivity index is 0.00000240. The molecule has 2 saturated carbocycles. The molecule has 4 aliphatic carbocycles. The predicted octanol–water partition coefficient (Wildman–Crippen LogP) is 12.5. The molecule has 6 rings (SSSR count). The topological polar surface area (TPSA) is 0 Å². The zero-order valence-corrected chi connectivity index (χ0v) is 34.4. The summed E-state index contributed by atoms with van der Waals surface area (Å²) in [4.78, 5) is 0. The van der Waals surface area contributed by atoms with Crippen LogP contribution >= 0.6 is 24.8 Å². The predicted molar refractivity (Wildman–Crippen MR) is 205 cm³/mol. The van der Waals surface area contributed by atoms with Crippen molar-refractivity contribution in [2.45, 2.75) is 156 Å². The molecule has 0 N–H and O–H groups in total. The third-order valence-electron chi connectivity index (χ3n) is 11.6. The van der Waals surface area contributed by atoms with E-state index in [0.29, 0.717) is 0 Å². The van der Waals surface area contributed by atoms with Crippen molar-refractivity contribution >= 4 is 31.3 Å². The monoisotopic (exact) mass is 738 g/mol. The summed E-state index contributed by atoms with van der Waals surface area (Å²) < 4.78 is 5.87. The molecule has 0 unspecified atom stereocenters. The van der Waals surface area contributed by atoms with Gasteiger partial charge >= 0.3 is 280 Å². The number of fused-ring (bicyclic) bond motifs is 3. The van der Waals surface area contributed by atoms with E-state index >= 15 is 0 Å². The summed E-state index contributed by atoms with van der Waals surface area (Å²) >= 11 is -2.40. The minimum Gasteiger partial charge on any atom is -0.147 e. The molecule has 0 atom stereocenters. The van der Waals surface area contributed by atoms with Gasteiger partial charge in [-0.2, -0.15) is 0 Å². The normalized spacial score (nSPS) is 18.4. The van der Waals surface area contributed by atoms with E-state index in [0.717, 1.165) is 18.3 Å². The number of rotatable bonds is 6. The largest absolute Gasteiger partial charge is 0.147 e. The Hall–Kier alpha value is -0.747. The molecule has 0 bridgehead atoms. The van der Waals surface area contributed by atoms with Crippen molar-refractivity contribution in [1.29, 1.82) is 0 Å². The van der Waals surface area contributed by atoms with Crippen molar-refractivity contribution in [3.63, 3.8) is 0 Å². The molecule has 0 heterocycles. The van der Waals surface area contributed by atoms with E-state index in [-0.39, 0.29) is 35.6 Å². The second-order valence-corrected chi connectivity index (χ2v) is 23.6. The third kappa shape index (κ3) is 8.00. The van der Waals surface area contributed by atoms with E-state index in [1.165, 1.54) is 94.6 Å². The Morgan fingerprint density at radius 1 is 0.717 bits per heavy atom. The van der Waals surface area contributed by atoms with Gasteiger partial charge in [0.2, 0.25) is 0 Å². The van der Waals surface area contributed by atoms with Gasteiger partial charge in [-0.1, -0.05) is 0 Å². The van der Waals surface area contributed by atoms with Gasteiger partial charge in [0.05, 0.1) is 0 Å². The number of hydrogen-bond donors (Lipinski definition) is 0. The van der Waals surface area contributed by atoms with Gasteiger partial charge < -0.3 is 0 Å². The van der Waals surface area contributed by atoms with Crippen LogP contribution in [0.3, 0.4) is 0 Å². The van der Waals surface area contributed by atoms with Crippen LogP contribution < -0.4 is 3.27 Å². The minimum atomic E-state index is -2.40. The van der Waals surface area contributed by atoms with Crippen LogP contribution in [0.4, 0.5) is 0 Å². The molecule has 2 aromatic rings. The standard InChI is InChI=1S/C23H29.C15H26.C5H5.2ClH.Zr/c1-14-9-16-11-17-10-15(2)21(23(6,7)8)13-19(17)18(16)12-20(14)22(3,4)5;1-3-8-14(9-4-1)12-7-13-15-10-5-2-6-11-15;1-2-4-5-3-1;;;/h9,12-13H,11H2,1-8H3;14-15H,1-6,8-13H2;1-3H,4H2;2*1H;. The Morgan fingerprint density at radius 3 is 1.76 bits per heavy atom. The van der Waals surface area contributed by atoms with Crippen molar-refractivity contribution in [1.82, 2.24) is 0 Å². The van der Waals surface area contributed by atoms with Gasteiger partial charge in [0.25, 0.3) is 0 Å². The SMILES string of the molecule is Cc1cc2c(cc1C(C)(C)C)-c1cc(C(C)(C)C)c(C)[c]([Zr]([C]3=CC=CC3)=[C](CC3CCCCC3)CC3CCCCC3)c1C2.Cl.Cl. The maximum Gasteiger partial charge on any atom is -0.147 e. The molecule has 0 saturated heterocycles. The molecule has 0 radical (unpaired) electrons. The van der Waals surface area contributed by atoms with E-state index < -0.39 is 21.3 Å². The fourth-order valence-electron chi connectivity index (χ4n) is 9.50. The number of allylic oxidation sites excluding steroid dienone is 4. The fourth-order valence-corrected chi connectivity index (χ4v) is 18.7. The van der Waals surface area contributed by atoms with Crippen molar-refractivity contribution in [3.8, 4) is 11.1 Å². The summed E-state index contributed by atoms with van der Waals surface area (Å²) in [5.41, 5.74) is 13.0. The van der Waals surface area contributed by atoms with Crippen LogP contribution in [0.2, 0.25) is 0 Å². The van der Waals surface area contributed by atoms with E-state index in [4.69, 9.17) is 0 Å². The number of aryl methyl sites for hydroxylation is 1. The van der Waals surface area contributed by atoms with Crippen LogP contribution in [0.1, 0.15) is 158 Å². The molecule has 0 spiro atoms. The molecule has 4 aliphatic rings.